The molecule has 0 amide bonds. The van der Waals surface area contributed by atoms with Crippen molar-refractivity contribution in [1.82, 2.24) is 4.90 Å². The molecule has 14 heavy (non-hydrogen) atoms. The van der Waals surface area contributed by atoms with E-state index < -0.39 is 11.6 Å². The Labute approximate surface area is 84.8 Å². The molecule has 1 aliphatic heterocycles. The average Bonchev–Trinajstić information content (AvgIpc) is 2.13. The zero-order chi connectivity index (χ0) is 10.9. The van der Waals surface area contributed by atoms with Crippen molar-refractivity contribution in [3.63, 3.8) is 0 Å². The highest BCUT2D eigenvalue weighted by Gasteiger charge is 2.47. The fourth-order valence-electron chi connectivity index (χ4n) is 2.03. The van der Waals surface area contributed by atoms with Crippen LogP contribution in [0.25, 0.3) is 0 Å². The van der Waals surface area contributed by atoms with Gasteiger partial charge in [0.25, 0.3) is 0 Å². The molecule has 4 heteroatoms. The average molecular weight is 201 g/mol. The summed E-state index contributed by atoms with van der Waals surface area (Å²) in [5.41, 5.74) is -1.30. The van der Waals surface area contributed by atoms with Gasteiger partial charge in [0.15, 0.2) is 5.60 Å². The number of carbonyl (C=O) groups excluding carboxylic acids is 1. The van der Waals surface area contributed by atoms with E-state index in [-0.39, 0.29) is 12.0 Å². The Hall–Kier alpha value is -0.610. The van der Waals surface area contributed by atoms with E-state index in [1.165, 1.54) is 7.11 Å². The van der Waals surface area contributed by atoms with Gasteiger partial charge in [0.05, 0.1) is 7.11 Å². The molecule has 0 aromatic carbocycles. The second-order valence-electron chi connectivity index (χ2n) is 4.31. The SMILES string of the molecule is COC(=O)[C@@]1(O)C[C@H](C)N(C)C[C@H]1C. The van der Waals surface area contributed by atoms with Gasteiger partial charge in [0.1, 0.15) is 0 Å². The van der Waals surface area contributed by atoms with Crippen LogP contribution in [0.3, 0.4) is 0 Å². The molecule has 3 atom stereocenters. The van der Waals surface area contributed by atoms with Crippen molar-refractivity contribution >= 4 is 5.97 Å². The number of methoxy groups -OCH3 is 1. The van der Waals surface area contributed by atoms with E-state index in [0.717, 1.165) is 0 Å². The highest BCUT2D eigenvalue weighted by atomic mass is 16.5. The summed E-state index contributed by atoms with van der Waals surface area (Å²) in [6, 6.07) is 0.204. The van der Waals surface area contributed by atoms with Gasteiger partial charge in [-0.05, 0) is 14.0 Å². The Balaban J connectivity index is 2.83. The van der Waals surface area contributed by atoms with Gasteiger partial charge in [-0.3, -0.25) is 0 Å². The van der Waals surface area contributed by atoms with Gasteiger partial charge in [-0.15, -0.1) is 0 Å². The van der Waals surface area contributed by atoms with Crippen LogP contribution < -0.4 is 0 Å². The minimum Gasteiger partial charge on any atom is -0.467 e. The lowest BCUT2D eigenvalue weighted by atomic mass is 9.79. The number of rotatable bonds is 1. The van der Waals surface area contributed by atoms with Crippen LogP contribution in [-0.4, -0.2) is 48.3 Å². The maximum Gasteiger partial charge on any atom is 0.338 e. The number of nitrogens with zero attached hydrogens (tertiary/aromatic N) is 1. The maximum absolute atomic E-state index is 11.5. The van der Waals surface area contributed by atoms with Gasteiger partial charge in [-0.25, -0.2) is 4.79 Å². The van der Waals surface area contributed by atoms with Crippen LogP contribution in [0.5, 0.6) is 0 Å². The molecule has 1 N–H and O–H groups in total. The summed E-state index contributed by atoms with van der Waals surface area (Å²) in [6.07, 6.45) is 0.442. The lowest BCUT2D eigenvalue weighted by molar-refractivity contribution is -0.176. The molecule has 0 bridgehead atoms. The van der Waals surface area contributed by atoms with E-state index in [4.69, 9.17) is 0 Å². The number of carbonyl (C=O) groups is 1. The van der Waals surface area contributed by atoms with Crippen LogP contribution in [-0.2, 0) is 9.53 Å². The third kappa shape index (κ3) is 1.77. The molecule has 0 aromatic heterocycles. The Kier molecular flexibility index (Phi) is 3.17. The smallest absolute Gasteiger partial charge is 0.338 e. The first kappa shape index (κ1) is 11.5. The summed E-state index contributed by atoms with van der Waals surface area (Å²) in [6.45, 7) is 4.59. The van der Waals surface area contributed by atoms with E-state index in [0.29, 0.717) is 13.0 Å². The molecule has 1 fully saturated rings. The Morgan fingerprint density at radius 3 is 2.64 bits per heavy atom. The van der Waals surface area contributed by atoms with Crippen LogP contribution in [0.15, 0.2) is 0 Å². The molecule has 0 spiro atoms. The zero-order valence-electron chi connectivity index (χ0n) is 9.28. The summed E-state index contributed by atoms with van der Waals surface area (Å²) in [7, 11) is 3.31. The van der Waals surface area contributed by atoms with Crippen molar-refractivity contribution in [2.45, 2.75) is 31.9 Å². The summed E-state index contributed by atoms with van der Waals surface area (Å²) < 4.78 is 4.64. The Morgan fingerprint density at radius 1 is 1.57 bits per heavy atom. The minimum atomic E-state index is -1.30. The van der Waals surface area contributed by atoms with Gasteiger partial charge in [0.2, 0.25) is 0 Å². The Bertz CT molecular complexity index is 231. The molecule has 82 valence electrons. The standard InChI is InChI=1S/C10H19NO3/c1-7-6-11(3)8(2)5-10(7,13)9(12)14-4/h7-8,13H,5-6H2,1-4H3/t7-,8+,10-/m1/s1. The fourth-order valence-corrected chi connectivity index (χ4v) is 2.03. The molecule has 1 rings (SSSR count). The van der Waals surface area contributed by atoms with Crippen molar-refractivity contribution in [3.05, 3.63) is 0 Å². The number of hydrogen-bond acceptors (Lipinski definition) is 4. The third-order valence-electron chi connectivity index (χ3n) is 3.28. The lowest BCUT2D eigenvalue weighted by Crippen LogP contribution is -2.57. The molecule has 0 radical (unpaired) electrons. The molecule has 1 aliphatic rings. The number of hydrogen-bond donors (Lipinski definition) is 1. The van der Waals surface area contributed by atoms with Crippen LogP contribution in [0.2, 0.25) is 0 Å². The maximum atomic E-state index is 11.5. The zero-order valence-corrected chi connectivity index (χ0v) is 9.28. The minimum absolute atomic E-state index is 0.0869. The monoisotopic (exact) mass is 201 g/mol. The van der Waals surface area contributed by atoms with Crippen LogP contribution in [0.4, 0.5) is 0 Å². The predicted molar refractivity (Wildman–Crippen MR) is 52.8 cm³/mol. The van der Waals surface area contributed by atoms with Gasteiger partial charge in [0, 0.05) is 24.9 Å². The normalized spacial score (nSPS) is 39.5. The first-order valence-electron chi connectivity index (χ1n) is 4.93. The second kappa shape index (κ2) is 3.87. The fraction of sp³-hybridized carbons (Fsp3) is 0.900. The topological polar surface area (TPSA) is 49.8 Å². The number of esters is 1. The summed E-state index contributed by atoms with van der Waals surface area (Å²) >= 11 is 0. The van der Waals surface area contributed by atoms with E-state index in [1.807, 2.05) is 20.9 Å². The van der Waals surface area contributed by atoms with Crippen molar-refractivity contribution in [2.24, 2.45) is 5.92 Å². The number of likely N-dealkylation sites (tertiary alicyclic amines) is 1. The molecule has 0 unspecified atom stereocenters. The number of ether oxygens (including phenoxy) is 1. The van der Waals surface area contributed by atoms with Crippen molar-refractivity contribution in [3.8, 4) is 0 Å². The van der Waals surface area contributed by atoms with Crippen LogP contribution in [0, 0.1) is 5.92 Å². The molecule has 1 saturated heterocycles. The molecular formula is C10H19NO3. The summed E-state index contributed by atoms with van der Waals surface area (Å²) in [4.78, 5) is 13.6. The van der Waals surface area contributed by atoms with E-state index >= 15 is 0 Å². The highest BCUT2D eigenvalue weighted by Crippen LogP contribution is 2.31. The molecule has 4 nitrogen and oxygen atoms in total. The van der Waals surface area contributed by atoms with Crippen molar-refractivity contribution < 1.29 is 14.6 Å². The molecule has 0 saturated carbocycles. The van der Waals surface area contributed by atoms with Crippen LogP contribution >= 0.6 is 0 Å². The molecular weight excluding hydrogens is 182 g/mol. The predicted octanol–water partition coefficient (Wildman–Crippen LogP) is 0.251. The van der Waals surface area contributed by atoms with E-state index in [1.54, 1.807) is 0 Å². The van der Waals surface area contributed by atoms with Crippen molar-refractivity contribution in [2.75, 3.05) is 20.7 Å². The Morgan fingerprint density at radius 2 is 2.14 bits per heavy atom. The van der Waals surface area contributed by atoms with Crippen LogP contribution in [0.1, 0.15) is 20.3 Å². The highest BCUT2D eigenvalue weighted by molar-refractivity contribution is 5.79. The first-order valence-corrected chi connectivity index (χ1v) is 4.93. The molecule has 1 heterocycles. The lowest BCUT2D eigenvalue weighted by Gasteiger charge is -2.43. The molecule has 0 aliphatic carbocycles. The van der Waals surface area contributed by atoms with Gasteiger partial charge >= 0.3 is 5.97 Å². The summed E-state index contributed by atoms with van der Waals surface area (Å²) in [5.74, 6) is -0.596. The quantitative estimate of drug-likeness (QED) is 0.618. The van der Waals surface area contributed by atoms with Gasteiger partial charge in [-0.1, -0.05) is 6.92 Å². The number of piperidine rings is 1. The third-order valence-corrected chi connectivity index (χ3v) is 3.28. The largest absolute Gasteiger partial charge is 0.467 e. The van der Waals surface area contributed by atoms with Crippen molar-refractivity contribution in [1.29, 1.82) is 0 Å². The van der Waals surface area contributed by atoms with Gasteiger partial charge < -0.3 is 14.7 Å². The van der Waals surface area contributed by atoms with E-state index in [9.17, 15) is 9.90 Å². The van der Waals surface area contributed by atoms with Gasteiger partial charge in [-0.2, -0.15) is 0 Å². The summed E-state index contributed by atoms with van der Waals surface area (Å²) in [5, 5.41) is 10.2. The second-order valence-corrected chi connectivity index (χ2v) is 4.31. The first-order chi connectivity index (χ1) is 6.41. The number of aliphatic hydroxyl groups is 1. The van der Waals surface area contributed by atoms with E-state index in [2.05, 4.69) is 9.64 Å². The molecule has 0 aromatic rings.